The van der Waals surface area contributed by atoms with Crippen LogP contribution in [0.1, 0.15) is 13.3 Å². The highest BCUT2D eigenvalue weighted by Crippen LogP contribution is 2.16. The van der Waals surface area contributed by atoms with Crippen molar-refractivity contribution in [3.05, 3.63) is 0 Å². The van der Waals surface area contributed by atoms with Gasteiger partial charge >= 0.3 is 0 Å². The van der Waals surface area contributed by atoms with Gasteiger partial charge in [-0.05, 0) is 13.0 Å². The van der Waals surface area contributed by atoms with Gasteiger partial charge in [-0.15, -0.1) is 0 Å². The number of nitrogens with zero attached hydrogens (tertiary/aromatic N) is 2. The second kappa shape index (κ2) is 7.45. The third-order valence-electron chi connectivity index (χ3n) is 3.30. The molecular formula is C13H25N3O3. The van der Waals surface area contributed by atoms with Crippen molar-refractivity contribution in [2.75, 3.05) is 47.4 Å². The second-order valence-electron chi connectivity index (χ2n) is 5.19. The average Bonchev–Trinajstić information content (AvgIpc) is 2.83. The maximum Gasteiger partial charge on any atom is 0.241 e. The summed E-state index contributed by atoms with van der Waals surface area (Å²) in [7, 11) is 5.04. The van der Waals surface area contributed by atoms with Crippen LogP contribution in [0.4, 0.5) is 0 Å². The molecule has 19 heavy (non-hydrogen) atoms. The minimum absolute atomic E-state index is 0.0266. The van der Waals surface area contributed by atoms with Crippen molar-refractivity contribution in [2.24, 2.45) is 5.92 Å². The van der Waals surface area contributed by atoms with Gasteiger partial charge < -0.3 is 19.9 Å². The fourth-order valence-electron chi connectivity index (χ4n) is 2.03. The first-order valence-corrected chi connectivity index (χ1v) is 6.73. The zero-order valence-corrected chi connectivity index (χ0v) is 12.3. The lowest BCUT2D eigenvalue weighted by Gasteiger charge is -2.25. The van der Waals surface area contributed by atoms with Crippen LogP contribution in [0, 0.1) is 5.92 Å². The summed E-state index contributed by atoms with van der Waals surface area (Å²) in [5, 5.41) is 3.33. The Labute approximate surface area is 115 Å². The zero-order chi connectivity index (χ0) is 14.4. The predicted molar refractivity (Wildman–Crippen MR) is 72.7 cm³/mol. The molecule has 1 heterocycles. The van der Waals surface area contributed by atoms with Crippen LogP contribution in [0.3, 0.4) is 0 Å². The Balaban J connectivity index is 2.53. The Morgan fingerprint density at radius 1 is 1.26 bits per heavy atom. The van der Waals surface area contributed by atoms with E-state index in [1.165, 1.54) is 9.80 Å². The number of hydrogen-bond donors (Lipinski definition) is 1. The molecular weight excluding hydrogens is 246 g/mol. The molecule has 0 bridgehead atoms. The van der Waals surface area contributed by atoms with Gasteiger partial charge in [0.2, 0.25) is 11.8 Å². The molecule has 2 unspecified atom stereocenters. The summed E-state index contributed by atoms with van der Waals surface area (Å²) in [5.74, 6) is -0.291. The SMILES string of the molecule is CCCNC1COCC1C(=O)N(C)CC(=O)N(C)C. The molecule has 0 aliphatic carbocycles. The summed E-state index contributed by atoms with van der Waals surface area (Å²) in [6.07, 6.45) is 1.02. The van der Waals surface area contributed by atoms with E-state index < -0.39 is 0 Å². The topological polar surface area (TPSA) is 61.9 Å². The van der Waals surface area contributed by atoms with E-state index in [1.54, 1.807) is 21.1 Å². The summed E-state index contributed by atoms with van der Waals surface area (Å²) < 4.78 is 5.39. The second-order valence-corrected chi connectivity index (χ2v) is 5.19. The minimum Gasteiger partial charge on any atom is -0.379 e. The lowest BCUT2D eigenvalue weighted by Crippen LogP contribution is -2.47. The Hall–Kier alpha value is -1.14. The molecule has 0 aromatic carbocycles. The molecule has 2 atom stereocenters. The van der Waals surface area contributed by atoms with Crippen molar-refractivity contribution in [1.82, 2.24) is 15.1 Å². The largest absolute Gasteiger partial charge is 0.379 e. The van der Waals surface area contributed by atoms with E-state index in [-0.39, 0.29) is 30.3 Å². The van der Waals surface area contributed by atoms with Crippen molar-refractivity contribution in [3.8, 4) is 0 Å². The third kappa shape index (κ3) is 4.47. The number of carbonyl (C=O) groups is 2. The highest BCUT2D eigenvalue weighted by molar-refractivity contribution is 5.86. The standard InChI is InChI=1S/C13H25N3O3/c1-5-6-14-11-9-19-8-10(11)13(18)16(4)7-12(17)15(2)3/h10-11,14H,5-9H2,1-4H3. The maximum atomic E-state index is 12.3. The van der Waals surface area contributed by atoms with E-state index in [1.807, 2.05) is 0 Å². The molecule has 110 valence electrons. The number of likely N-dealkylation sites (N-methyl/N-ethyl adjacent to an activating group) is 2. The lowest BCUT2D eigenvalue weighted by atomic mass is 10.0. The molecule has 0 aromatic rings. The van der Waals surface area contributed by atoms with Crippen molar-refractivity contribution >= 4 is 11.8 Å². The van der Waals surface area contributed by atoms with Crippen LogP contribution in [0.5, 0.6) is 0 Å². The van der Waals surface area contributed by atoms with Crippen molar-refractivity contribution < 1.29 is 14.3 Å². The molecule has 0 spiro atoms. The maximum absolute atomic E-state index is 12.3. The van der Waals surface area contributed by atoms with Gasteiger partial charge in [0.1, 0.15) is 0 Å². The van der Waals surface area contributed by atoms with Gasteiger partial charge in [0.25, 0.3) is 0 Å². The van der Waals surface area contributed by atoms with Crippen molar-refractivity contribution in [3.63, 3.8) is 0 Å². The zero-order valence-electron chi connectivity index (χ0n) is 12.3. The number of rotatable bonds is 6. The van der Waals surface area contributed by atoms with Crippen molar-refractivity contribution in [2.45, 2.75) is 19.4 Å². The van der Waals surface area contributed by atoms with Gasteiger partial charge in [0.15, 0.2) is 0 Å². The molecule has 0 aromatic heterocycles. The summed E-state index contributed by atoms with van der Waals surface area (Å²) >= 11 is 0. The molecule has 1 saturated heterocycles. The molecule has 0 saturated carbocycles. The molecule has 1 N–H and O–H groups in total. The highest BCUT2D eigenvalue weighted by atomic mass is 16.5. The third-order valence-corrected chi connectivity index (χ3v) is 3.30. The van der Waals surface area contributed by atoms with Gasteiger partial charge in [0.05, 0.1) is 25.7 Å². The molecule has 6 heteroatoms. The molecule has 1 rings (SSSR count). The first kappa shape index (κ1) is 15.9. The van der Waals surface area contributed by atoms with E-state index in [0.29, 0.717) is 13.2 Å². The Morgan fingerprint density at radius 3 is 2.53 bits per heavy atom. The normalized spacial score (nSPS) is 22.3. The van der Waals surface area contributed by atoms with E-state index in [0.717, 1.165) is 13.0 Å². The average molecular weight is 271 g/mol. The Kier molecular flexibility index (Phi) is 6.24. The number of carbonyl (C=O) groups excluding carboxylic acids is 2. The quantitative estimate of drug-likeness (QED) is 0.710. The number of nitrogens with one attached hydrogen (secondary N) is 1. The van der Waals surface area contributed by atoms with Crippen LogP contribution in [-0.2, 0) is 14.3 Å². The summed E-state index contributed by atoms with van der Waals surface area (Å²) in [6.45, 7) is 4.06. The molecule has 1 fully saturated rings. The predicted octanol–water partition coefficient (Wildman–Crippen LogP) is -0.452. The van der Waals surface area contributed by atoms with Crippen molar-refractivity contribution in [1.29, 1.82) is 0 Å². The fourth-order valence-corrected chi connectivity index (χ4v) is 2.03. The first-order chi connectivity index (χ1) is 8.97. The molecule has 1 aliphatic heterocycles. The molecule has 6 nitrogen and oxygen atoms in total. The smallest absolute Gasteiger partial charge is 0.241 e. The van der Waals surface area contributed by atoms with Crippen LogP contribution in [-0.4, -0.2) is 75.1 Å². The van der Waals surface area contributed by atoms with Gasteiger partial charge in [-0.3, -0.25) is 9.59 Å². The van der Waals surface area contributed by atoms with Crippen LogP contribution in [0.25, 0.3) is 0 Å². The number of ether oxygens (including phenoxy) is 1. The summed E-state index contributed by atoms with van der Waals surface area (Å²) in [6, 6.07) is 0.0596. The fraction of sp³-hybridized carbons (Fsp3) is 0.846. The van der Waals surface area contributed by atoms with E-state index in [9.17, 15) is 9.59 Å². The molecule has 0 radical (unpaired) electrons. The van der Waals surface area contributed by atoms with Crippen LogP contribution in [0.15, 0.2) is 0 Å². The van der Waals surface area contributed by atoms with Gasteiger partial charge in [0, 0.05) is 27.2 Å². The van der Waals surface area contributed by atoms with Gasteiger partial charge in [-0.2, -0.15) is 0 Å². The van der Waals surface area contributed by atoms with Crippen LogP contribution >= 0.6 is 0 Å². The Bertz CT molecular complexity index is 320. The van der Waals surface area contributed by atoms with Crippen LogP contribution < -0.4 is 5.32 Å². The van der Waals surface area contributed by atoms with E-state index >= 15 is 0 Å². The molecule has 2 amide bonds. The number of amides is 2. The van der Waals surface area contributed by atoms with E-state index in [2.05, 4.69) is 12.2 Å². The molecule has 1 aliphatic rings. The van der Waals surface area contributed by atoms with E-state index in [4.69, 9.17) is 4.74 Å². The first-order valence-electron chi connectivity index (χ1n) is 6.73. The Morgan fingerprint density at radius 2 is 1.95 bits per heavy atom. The summed E-state index contributed by atoms with van der Waals surface area (Å²) in [5.41, 5.74) is 0. The van der Waals surface area contributed by atoms with Crippen LogP contribution in [0.2, 0.25) is 0 Å². The minimum atomic E-state index is -0.188. The monoisotopic (exact) mass is 271 g/mol. The number of hydrogen-bond acceptors (Lipinski definition) is 4. The van der Waals surface area contributed by atoms with Gasteiger partial charge in [-0.1, -0.05) is 6.92 Å². The van der Waals surface area contributed by atoms with Gasteiger partial charge in [-0.25, -0.2) is 0 Å². The highest BCUT2D eigenvalue weighted by Gasteiger charge is 2.35. The summed E-state index contributed by atoms with van der Waals surface area (Å²) in [4.78, 5) is 26.9. The lowest BCUT2D eigenvalue weighted by molar-refractivity contribution is -0.140.